The quantitative estimate of drug-likeness (QED) is 0.589. The van der Waals surface area contributed by atoms with Gasteiger partial charge in [0.25, 0.3) is 0 Å². The molecular formula is C19H33ClN6S. The van der Waals surface area contributed by atoms with Crippen LogP contribution in [-0.2, 0) is 6.54 Å². The predicted octanol–water partition coefficient (Wildman–Crippen LogP) is 1.73. The highest BCUT2D eigenvalue weighted by molar-refractivity contribution is 7.16. The molecule has 2 saturated heterocycles. The fraction of sp³-hybridized carbons (Fsp3) is 0.737. The summed E-state index contributed by atoms with van der Waals surface area (Å²) in [5, 5.41) is 3.50. The van der Waals surface area contributed by atoms with Crippen LogP contribution >= 0.6 is 22.9 Å². The molecule has 1 aromatic rings. The van der Waals surface area contributed by atoms with Gasteiger partial charge in [-0.15, -0.1) is 11.3 Å². The van der Waals surface area contributed by atoms with Crippen molar-refractivity contribution in [2.24, 2.45) is 4.99 Å². The van der Waals surface area contributed by atoms with Crippen molar-refractivity contribution in [2.45, 2.75) is 19.5 Å². The molecule has 0 saturated carbocycles. The van der Waals surface area contributed by atoms with Gasteiger partial charge in [-0.3, -0.25) is 14.8 Å². The Morgan fingerprint density at radius 2 is 1.96 bits per heavy atom. The second kappa shape index (κ2) is 10.1. The van der Waals surface area contributed by atoms with E-state index in [4.69, 9.17) is 16.6 Å². The summed E-state index contributed by atoms with van der Waals surface area (Å²) in [6.07, 6.45) is 0. The molecule has 1 unspecified atom stereocenters. The lowest BCUT2D eigenvalue weighted by Crippen LogP contribution is -2.53. The summed E-state index contributed by atoms with van der Waals surface area (Å²) in [4.78, 5) is 16.1. The minimum absolute atomic E-state index is 0.502. The van der Waals surface area contributed by atoms with E-state index in [1.165, 1.54) is 4.88 Å². The highest BCUT2D eigenvalue weighted by atomic mass is 35.5. The second-order valence-electron chi connectivity index (χ2n) is 7.56. The molecule has 2 fully saturated rings. The standard InChI is InChI=1S/C19H33ClN6S/c1-4-21-19(22-13-16-14-23(2)7-8-24(16)3)26-11-9-25(10-12-26)15-17-5-6-18(20)27-17/h5-6,16H,4,7-15H2,1-3H3,(H,21,22). The Bertz CT molecular complexity index is 613. The molecule has 0 amide bonds. The summed E-state index contributed by atoms with van der Waals surface area (Å²) >= 11 is 7.74. The van der Waals surface area contributed by atoms with Gasteiger partial charge in [0.05, 0.1) is 10.9 Å². The lowest BCUT2D eigenvalue weighted by atomic mass is 10.2. The number of thiophene rings is 1. The van der Waals surface area contributed by atoms with E-state index in [2.05, 4.69) is 52.0 Å². The maximum absolute atomic E-state index is 6.06. The zero-order valence-electron chi connectivity index (χ0n) is 16.8. The van der Waals surface area contributed by atoms with Crippen LogP contribution in [0.4, 0.5) is 0 Å². The van der Waals surface area contributed by atoms with E-state index in [0.717, 1.165) is 75.7 Å². The number of rotatable bonds is 5. The number of nitrogens with zero attached hydrogens (tertiary/aromatic N) is 5. The summed E-state index contributed by atoms with van der Waals surface area (Å²) in [7, 11) is 4.42. The summed E-state index contributed by atoms with van der Waals surface area (Å²) in [6.45, 7) is 12.4. The Balaban J connectivity index is 1.52. The summed E-state index contributed by atoms with van der Waals surface area (Å²) in [5.74, 6) is 1.07. The molecule has 1 aromatic heterocycles. The van der Waals surface area contributed by atoms with Gasteiger partial charge in [0.2, 0.25) is 0 Å². The molecule has 3 rings (SSSR count). The van der Waals surface area contributed by atoms with Crippen LogP contribution in [-0.4, -0.2) is 105 Å². The first-order valence-corrected chi connectivity index (χ1v) is 11.1. The molecule has 6 nitrogen and oxygen atoms in total. The van der Waals surface area contributed by atoms with Crippen molar-refractivity contribution >= 4 is 28.9 Å². The molecule has 1 atom stereocenters. The number of halogens is 1. The van der Waals surface area contributed by atoms with Crippen LogP contribution in [0.15, 0.2) is 17.1 Å². The smallest absolute Gasteiger partial charge is 0.194 e. The van der Waals surface area contributed by atoms with Gasteiger partial charge in [0, 0.05) is 69.8 Å². The number of hydrogen-bond acceptors (Lipinski definition) is 5. The molecule has 0 aliphatic carbocycles. The average molecular weight is 413 g/mol. The van der Waals surface area contributed by atoms with Gasteiger partial charge in [0.1, 0.15) is 0 Å². The molecular weight excluding hydrogens is 380 g/mol. The number of piperazine rings is 2. The van der Waals surface area contributed by atoms with E-state index >= 15 is 0 Å². The first kappa shape index (κ1) is 20.9. The maximum atomic E-state index is 6.06. The third-order valence-electron chi connectivity index (χ3n) is 5.45. The lowest BCUT2D eigenvalue weighted by molar-refractivity contribution is 0.119. The number of nitrogens with one attached hydrogen (secondary N) is 1. The fourth-order valence-corrected chi connectivity index (χ4v) is 4.82. The van der Waals surface area contributed by atoms with E-state index in [1.54, 1.807) is 11.3 Å². The second-order valence-corrected chi connectivity index (χ2v) is 9.36. The molecule has 0 spiro atoms. The van der Waals surface area contributed by atoms with E-state index < -0.39 is 0 Å². The van der Waals surface area contributed by atoms with Crippen molar-refractivity contribution in [1.29, 1.82) is 0 Å². The largest absolute Gasteiger partial charge is 0.357 e. The Morgan fingerprint density at radius 3 is 2.63 bits per heavy atom. The topological polar surface area (TPSA) is 37.4 Å². The first-order valence-electron chi connectivity index (χ1n) is 9.93. The Labute approximate surface area is 172 Å². The SMILES string of the molecule is CCNC(=NCC1CN(C)CCN1C)N1CCN(Cc2ccc(Cl)s2)CC1. The molecule has 1 N–H and O–H groups in total. The third kappa shape index (κ3) is 6.06. The number of likely N-dealkylation sites (N-methyl/N-ethyl adjacent to an activating group) is 2. The number of guanidine groups is 1. The van der Waals surface area contributed by atoms with Crippen molar-refractivity contribution < 1.29 is 0 Å². The van der Waals surface area contributed by atoms with Gasteiger partial charge in [-0.1, -0.05) is 11.6 Å². The van der Waals surface area contributed by atoms with Crippen LogP contribution in [0.25, 0.3) is 0 Å². The molecule has 2 aliphatic rings. The Morgan fingerprint density at radius 1 is 1.19 bits per heavy atom. The average Bonchev–Trinajstić information content (AvgIpc) is 3.07. The van der Waals surface area contributed by atoms with Crippen molar-refractivity contribution in [1.82, 2.24) is 24.9 Å². The third-order valence-corrected chi connectivity index (χ3v) is 6.66. The van der Waals surface area contributed by atoms with Gasteiger partial charge in [-0.05, 0) is 33.2 Å². The number of hydrogen-bond donors (Lipinski definition) is 1. The zero-order valence-corrected chi connectivity index (χ0v) is 18.4. The molecule has 0 radical (unpaired) electrons. The monoisotopic (exact) mass is 412 g/mol. The Hall–Kier alpha value is -0.860. The summed E-state index contributed by atoms with van der Waals surface area (Å²) in [6, 6.07) is 4.64. The van der Waals surface area contributed by atoms with Gasteiger partial charge in [-0.25, -0.2) is 0 Å². The number of aliphatic imine (C=N–C) groups is 1. The van der Waals surface area contributed by atoms with Crippen LogP contribution in [0, 0.1) is 0 Å². The molecule has 0 bridgehead atoms. The van der Waals surface area contributed by atoms with Crippen LogP contribution in [0.5, 0.6) is 0 Å². The van der Waals surface area contributed by atoms with E-state index in [0.29, 0.717) is 6.04 Å². The lowest BCUT2D eigenvalue weighted by Gasteiger charge is -2.38. The Kier molecular flexibility index (Phi) is 7.78. The predicted molar refractivity (Wildman–Crippen MR) is 116 cm³/mol. The van der Waals surface area contributed by atoms with Crippen molar-refractivity contribution in [2.75, 3.05) is 73.0 Å². The highest BCUT2D eigenvalue weighted by Gasteiger charge is 2.24. The van der Waals surface area contributed by atoms with Gasteiger partial charge < -0.3 is 15.1 Å². The first-order chi connectivity index (χ1) is 13.0. The zero-order chi connectivity index (χ0) is 19.2. The van der Waals surface area contributed by atoms with E-state index in [1.807, 2.05) is 6.07 Å². The highest BCUT2D eigenvalue weighted by Crippen LogP contribution is 2.23. The maximum Gasteiger partial charge on any atom is 0.194 e. The minimum atomic E-state index is 0.502. The molecule has 3 heterocycles. The van der Waals surface area contributed by atoms with Gasteiger partial charge in [0.15, 0.2) is 5.96 Å². The minimum Gasteiger partial charge on any atom is -0.357 e. The van der Waals surface area contributed by atoms with Crippen LogP contribution < -0.4 is 5.32 Å². The van der Waals surface area contributed by atoms with E-state index in [9.17, 15) is 0 Å². The van der Waals surface area contributed by atoms with Gasteiger partial charge in [-0.2, -0.15) is 0 Å². The van der Waals surface area contributed by atoms with Crippen molar-refractivity contribution in [3.05, 3.63) is 21.3 Å². The summed E-state index contributed by atoms with van der Waals surface area (Å²) < 4.78 is 0.878. The van der Waals surface area contributed by atoms with Crippen LogP contribution in [0.2, 0.25) is 4.34 Å². The fourth-order valence-electron chi connectivity index (χ4n) is 3.69. The molecule has 152 valence electrons. The van der Waals surface area contributed by atoms with E-state index in [-0.39, 0.29) is 0 Å². The summed E-state index contributed by atoms with van der Waals surface area (Å²) in [5.41, 5.74) is 0. The molecule has 2 aliphatic heterocycles. The molecule has 8 heteroatoms. The molecule has 0 aromatic carbocycles. The molecule has 27 heavy (non-hydrogen) atoms. The van der Waals surface area contributed by atoms with Crippen molar-refractivity contribution in [3.8, 4) is 0 Å². The van der Waals surface area contributed by atoms with Crippen LogP contribution in [0.1, 0.15) is 11.8 Å². The van der Waals surface area contributed by atoms with Crippen LogP contribution in [0.3, 0.4) is 0 Å². The van der Waals surface area contributed by atoms with Crippen molar-refractivity contribution in [3.63, 3.8) is 0 Å². The van der Waals surface area contributed by atoms with Gasteiger partial charge >= 0.3 is 0 Å². The normalized spacial score (nSPS) is 23.8.